The maximum atomic E-state index is 9.22. The summed E-state index contributed by atoms with van der Waals surface area (Å²) >= 11 is 0. The SMILES string of the molecule is CCCCCCCCCCCCCCCC[N+](C)(C)N.COS(=O)(=O)[O-]. The lowest BCUT2D eigenvalue weighted by Crippen LogP contribution is -2.47. The molecule has 160 valence electrons. The standard InChI is InChI=1S/C18H41N2.CH4O4S/c1-4-5-6-7-8-9-10-11-12-13-14-15-16-17-18-20(2,3)19;1-5-6(2,3)4/h4-19H2,1-3H3;1H3,(H,2,3,4)/q+1;/p-1. The third-order valence-electron chi connectivity index (χ3n) is 4.29. The molecular weight excluding hydrogens is 352 g/mol. The van der Waals surface area contributed by atoms with Crippen molar-refractivity contribution < 1.29 is 21.7 Å². The third kappa shape index (κ3) is 31.5. The van der Waals surface area contributed by atoms with Gasteiger partial charge in [0.25, 0.3) is 0 Å². The van der Waals surface area contributed by atoms with Gasteiger partial charge in [0.1, 0.15) is 0 Å². The van der Waals surface area contributed by atoms with Crippen LogP contribution in [0.15, 0.2) is 0 Å². The summed E-state index contributed by atoms with van der Waals surface area (Å²) in [4.78, 5) is 0. The molecule has 0 fully saturated rings. The summed E-state index contributed by atoms with van der Waals surface area (Å²) in [6, 6.07) is 0. The molecule has 0 aromatic heterocycles. The molecule has 0 aliphatic rings. The van der Waals surface area contributed by atoms with E-state index in [-0.39, 0.29) is 0 Å². The van der Waals surface area contributed by atoms with Crippen LogP contribution in [0.2, 0.25) is 0 Å². The van der Waals surface area contributed by atoms with Crippen molar-refractivity contribution in [3.8, 4) is 0 Å². The summed E-state index contributed by atoms with van der Waals surface area (Å²) < 4.78 is 31.6. The summed E-state index contributed by atoms with van der Waals surface area (Å²) in [6.07, 6.45) is 19.9. The lowest BCUT2D eigenvalue weighted by atomic mass is 10.0. The van der Waals surface area contributed by atoms with Gasteiger partial charge in [-0.1, -0.05) is 84.0 Å². The van der Waals surface area contributed by atoms with Gasteiger partial charge in [-0.05, 0) is 12.8 Å². The van der Waals surface area contributed by atoms with Crippen molar-refractivity contribution in [2.75, 3.05) is 27.7 Å². The van der Waals surface area contributed by atoms with Crippen LogP contribution in [0.1, 0.15) is 96.8 Å². The molecule has 2 N–H and O–H groups in total. The van der Waals surface area contributed by atoms with Crippen LogP contribution in [0.3, 0.4) is 0 Å². The molecular formula is C19H44N2O4S. The second-order valence-electron chi connectivity index (χ2n) is 7.67. The van der Waals surface area contributed by atoms with Gasteiger partial charge in [-0.3, -0.25) is 8.78 Å². The molecule has 0 heterocycles. The van der Waals surface area contributed by atoms with Crippen LogP contribution in [0.25, 0.3) is 0 Å². The Labute approximate surface area is 163 Å². The molecule has 0 atom stereocenters. The Morgan fingerprint density at radius 2 is 1.04 bits per heavy atom. The van der Waals surface area contributed by atoms with Gasteiger partial charge in [-0.2, -0.15) is 5.84 Å². The fraction of sp³-hybridized carbons (Fsp3) is 1.00. The highest BCUT2D eigenvalue weighted by atomic mass is 32.3. The fourth-order valence-corrected chi connectivity index (χ4v) is 2.71. The van der Waals surface area contributed by atoms with Crippen molar-refractivity contribution in [3.05, 3.63) is 0 Å². The van der Waals surface area contributed by atoms with E-state index in [0.717, 1.165) is 13.7 Å². The summed E-state index contributed by atoms with van der Waals surface area (Å²) in [6.45, 7) is 3.40. The molecule has 6 nitrogen and oxygen atoms in total. The van der Waals surface area contributed by atoms with Crippen molar-refractivity contribution in [2.24, 2.45) is 5.84 Å². The zero-order valence-electron chi connectivity index (χ0n) is 17.7. The second kappa shape index (κ2) is 18.2. The van der Waals surface area contributed by atoms with Crippen LogP contribution < -0.4 is 5.84 Å². The average Bonchev–Trinajstić information content (AvgIpc) is 2.54. The highest BCUT2D eigenvalue weighted by Crippen LogP contribution is 2.13. The molecule has 0 spiro atoms. The van der Waals surface area contributed by atoms with E-state index in [4.69, 9.17) is 5.84 Å². The van der Waals surface area contributed by atoms with Crippen LogP contribution in [0, 0.1) is 0 Å². The first-order valence-electron chi connectivity index (χ1n) is 10.3. The maximum absolute atomic E-state index is 9.22. The minimum atomic E-state index is -4.41. The van der Waals surface area contributed by atoms with Crippen molar-refractivity contribution in [1.29, 1.82) is 0 Å². The van der Waals surface area contributed by atoms with Gasteiger partial charge in [0.05, 0.1) is 27.7 Å². The Kier molecular flexibility index (Phi) is 19.6. The number of hydrogen-bond donors (Lipinski definition) is 1. The minimum absolute atomic E-state index is 0.623. The predicted molar refractivity (Wildman–Crippen MR) is 108 cm³/mol. The van der Waals surface area contributed by atoms with Gasteiger partial charge < -0.3 is 4.55 Å². The Balaban J connectivity index is 0. The third-order valence-corrected chi connectivity index (χ3v) is 4.70. The lowest BCUT2D eigenvalue weighted by molar-refractivity contribution is -0.902. The zero-order valence-corrected chi connectivity index (χ0v) is 18.5. The average molecular weight is 397 g/mol. The van der Waals surface area contributed by atoms with Crippen LogP contribution in [-0.4, -0.2) is 45.3 Å². The van der Waals surface area contributed by atoms with Crippen molar-refractivity contribution >= 4 is 10.4 Å². The van der Waals surface area contributed by atoms with Gasteiger partial charge in [-0.25, -0.2) is 8.42 Å². The Morgan fingerprint density at radius 1 is 0.769 bits per heavy atom. The quantitative estimate of drug-likeness (QED) is 0.103. The summed E-state index contributed by atoms with van der Waals surface area (Å²) in [5.41, 5.74) is 0. The molecule has 0 aliphatic heterocycles. The molecule has 0 aromatic carbocycles. The highest BCUT2D eigenvalue weighted by Gasteiger charge is 2.06. The van der Waals surface area contributed by atoms with Crippen LogP contribution in [0.4, 0.5) is 0 Å². The molecule has 0 saturated carbocycles. The van der Waals surface area contributed by atoms with E-state index in [1.54, 1.807) is 0 Å². The molecule has 0 bridgehead atoms. The van der Waals surface area contributed by atoms with Gasteiger partial charge in [0.15, 0.2) is 0 Å². The molecule has 7 heteroatoms. The zero-order chi connectivity index (χ0) is 20.3. The van der Waals surface area contributed by atoms with E-state index in [9.17, 15) is 13.0 Å². The van der Waals surface area contributed by atoms with Crippen molar-refractivity contribution in [2.45, 2.75) is 96.8 Å². The second-order valence-corrected chi connectivity index (χ2v) is 8.82. The van der Waals surface area contributed by atoms with E-state index in [1.165, 1.54) is 89.9 Å². The van der Waals surface area contributed by atoms with Crippen molar-refractivity contribution in [1.82, 2.24) is 0 Å². The fourth-order valence-electron chi connectivity index (χ4n) is 2.71. The van der Waals surface area contributed by atoms with E-state index in [0.29, 0.717) is 4.59 Å². The number of nitrogens with zero attached hydrogens (tertiary/aromatic N) is 1. The predicted octanol–water partition coefficient (Wildman–Crippen LogP) is 4.51. The molecule has 0 rings (SSSR count). The summed E-state index contributed by atoms with van der Waals surface area (Å²) in [5.74, 6) is 5.92. The van der Waals surface area contributed by atoms with Gasteiger partial charge in [-0.15, -0.1) is 0 Å². The van der Waals surface area contributed by atoms with E-state index in [2.05, 4.69) is 25.2 Å². The van der Waals surface area contributed by atoms with Gasteiger partial charge in [0, 0.05) is 0 Å². The molecule has 0 saturated heterocycles. The van der Waals surface area contributed by atoms with E-state index in [1.807, 2.05) is 0 Å². The van der Waals surface area contributed by atoms with Crippen LogP contribution in [-0.2, 0) is 14.6 Å². The molecule has 0 aliphatic carbocycles. The van der Waals surface area contributed by atoms with Crippen LogP contribution >= 0.6 is 0 Å². The first kappa shape index (κ1) is 28.0. The minimum Gasteiger partial charge on any atom is -0.726 e. The van der Waals surface area contributed by atoms with E-state index < -0.39 is 10.4 Å². The lowest BCUT2D eigenvalue weighted by Gasteiger charge is -2.21. The normalized spacial score (nSPS) is 11.9. The molecule has 0 aromatic rings. The largest absolute Gasteiger partial charge is 0.726 e. The van der Waals surface area contributed by atoms with E-state index >= 15 is 0 Å². The highest BCUT2D eigenvalue weighted by molar-refractivity contribution is 7.80. The first-order valence-corrected chi connectivity index (χ1v) is 11.6. The maximum Gasteiger partial charge on any atom is 0.217 e. The number of quaternary nitrogens is 1. The molecule has 26 heavy (non-hydrogen) atoms. The summed E-state index contributed by atoms with van der Waals surface area (Å²) in [5, 5.41) is 0. The Morgan fingerprint density at radius 3 is 1.27 bits per heavy atom. The summed E-state index contributed by atoms with van der Waals surface area (Å²) in [7, 11) is 0.539. The molecule has 0 amide bonds. The monoisotopic (exact) mass is 396 g/mol. The van der Waals surface area contributed by atoms with Gasteiger partial charge >= 0.3 is 0 Å². The molecule has 0 unspecified atom stereocenters. The Hall–Kier alpha value is -0.210. The first-order chi connectivity index (χ1) is 12.1. The molecule has 0 radical (unpaired) electrons. The Bertz CT molecular complexity index is 381. The number of unbranched alkanes of at least 4 members (excludes halogenated alkanes) is 13. The number of rotatable bonds is 16. The van der Waals surface area contributed by atoms with Gasteiger partial charge in [0.2, 0.25) is 10.4 Å². The smallest absolute Gasteiger partial charge is 0.217 e. The van der Waals surface area contributed by atoms with Crippen LogP contribution in [0.5, 0.6) is 0 Å². The number of nitrogens with two attached hydrogens (primary N) is 1. The topological polar surface area (TPSA) is 92.5 Å². The van der Waals surface area contributed by atoms with Crippen molar-refractivity contribution in [3.63, 3.8) is 0 Å². The number of hydrogen-bond acceptors (Lipinski definition) is 5.